The van der Waals surface area contributed by atoms with E-state index >= 15 is 8.78 Å². The second-order valence-corrected chi connectivity index (χ2v) is 12.3. The van der Waals surface area contributed by atoms with Gasteiger partial charge in [-0.2, -0.15) is 23.1 Å². The van der Waals surface area contributed by atoms with Crippen LogP contribution in [0.1, 0.15) is 43.2 Å². The van der Waals surface area contributed by atoms with Gasteiger partial charge < -0.3 is 20.7 Å². The van der Waals surface area contributed by atoms with Crippen LogP contribution in [0.15, 0.2) is 12.1 Å². The molecule has 0 amide bonds. The number of piperazine rings is 1. The number of nitrogens with two attached hydrogens (primary N) is 1. The van der Waals surface area contributed by atoms with Crippen LogP contribution >= 0.6 is 0 Å². The monoisotopic (exact) mass is 607 g/mol. The number of nitrogen functional groups attached to an aromatic ring is 1. The first-order valence-electron chi connectivity index (χ1n) is 14.5. The molecule has 0 saturated carbocycles. The predicted octanol–water partition coefficient (Wildman–Crippen LogP) is 4.78. The second kappa shape index (κ2) is 10.1. The summed E-state index contributed by atoms with van der Waals surface area (Å²) in [7, 11) is 0. The Labute approximate surface area is 243 Å². The molecule has 0 aliphatic carbocycles. The van der Waals surface area contributed by atoms with Gasteiger partial charge in [-0.1, -0.05) is 0 Å². The summed E-state index contributed by atoms with van der Waals surface area (Å²) in [6, 6.07) is 2.06. The summed E-state index contributed by atoms with van der Waals surface area (Å²) in [5.74, 6) is -2.66. The van der Waals surface area contributed by atoms with E-state index in [2.05, 4.69) is 20.3 Å². The number of hydrogen-bond donors (Lipinski definition) is 2. The minimum Gasteiger partial charge on any atom is -0.461 e. The molecule has 8 nitrogen and oxygen atoms in total. The van der Waals surface area contributed by atoms with Crippen LogP contribution in [0.3, 0.4) is 0 Å². The number of aromatic nitrogens is 3. The van der Waals surface area contributed by atoms with Crippen molar-refractivity contribution in [1.29, 1.82) is 0 Å². The fourth-order valence-electron chi connectivity index (χ4n) is 7.54. The van der Waals surface area contributed by atoms with Crippen LogP contribution in [-0.4, -0.2) is 76.4 Å². The molecule has 4 atom stereocenters. The van der Waals surface area contributed by atoms with Crippen LogP contribution in [0.2, 0.25) is 0 Å². The van der Waals surface area contributed by atoms with E-state index in [-0.39, 0.29) is 47.3 Å². The highest BCUT2D eigenvalue weighted by atomic mass is 19.4. The van der Waals surface area contributed by atoms with Gasteiger partial charge in [-0.15, -0.1) is 0 Å². The SMILES string of the molecule is Cc1cc(N)nc(-c2c(F)cc3c(N4CC5CCC(C4)N5)nc(OCC45CCCN4C[C@H](F)C5)nc3c2F)c1C(F)(F)F. The van der Waals surface area contributed by atoms with E-state index in [0.29, 0.717) is 26.1 Å². The lowest BCUT2D eigenvalue weighted by Gasteiger charge is -2.34. The van der Waals surface area contributed by atoms with Crippen molar-refractivity contribution in [1.82, 2.24) is 25.2 Å². The van der Waals surface area contributed by atoms with E-state index in [0.717, 1.165) is 51.3 Å². The third-order valence-electron chi connectivity index (χ3n) is 9.35. The van der Waals surface area contributed by atoms with Crippen LogP contribution in [0.5, 0.6) is 6.01 Å². The number of nitrogens with one attached hydrogen (secondary N) is 1. The maximum atomic E-state index is 16.4. The number of alkyl halides is 4. The maximum Gasteiger partial charge on any atom is 0.418 e. The fraction of sp³-hybridized carbons (Fsp3) is 0.552. The third kappa shape index (κ3) is 4.82. The predicted molar refractivity (Wildman–Crippen MR) is 148 cm³/mol. The summed E-state index contributed by atoms with van der Waals surface area (Å²) in [4.78, 5) is 16.5. The van der Waals surface area contributed by atoms with Crippen molar-refractivity contribution >= 4 is 22.5 Å². The first-order chi connectivity index (χ1) is 20.4. The molecule has 7 rings (SSSR count). The number of aryl methyl sites for hydroxylation is 1. The number of benzene rings is 1. The number of pyridine rings is 1. The van der Waals surface area contributed by atoms with Gasteiger partial charge in [0.2, 0.25) is 0 Å². The summed E-state index contributed by atoms with van der Waals surface area (Å²) < 4.78 is 95.0. The van der Waals surface area contributed by atoms with E-state index in [1.807, 2.05) is 9.80 Å². The number of rotatable bonds is 5. The van der Waals surface area contributed by atoms with Gasteiger partial charge in [0.05, 0.1) is 22.4 Å². The fourth-order valence-corrected chi connectivity index (χ4v) is 7.54. The highest BCUT2D eigenvalue weighted by Crippen LogP contribution is 2.44. The molecule has 2 aromatic heterocycles. The first kappa shape index (κ1) is 28.4. The maximum absolute atomic E-state index is 16.4. The van der Waals surface area contributed by atoms with Gasteiger partial charge in [0.1, 0.15) is 35.7 Å². The molecule has 3 aromatic rings. The number of hydrogen-bond acceptors (Lipinski definition) is 8. The number of halogens is 6. The molecule has 4 aliphatic heterocycles. The zero-order chi connectivity index (χ0) is 30.3. The van der Waals surface area contributed by atoms with Gasteiger partial charge in [0, 0.05) is 43.5 Å². The van der Waals surface area contributed by atoms with Gasteiger partial charge in [-0.25, -0.2) is 18.2 Å². The van der Waals surface area contributed by atoms with Crippen LogP contribution in [0.4, 0.5) is 38.0 Å². The van der Waals surface area contributed by atoms with E-state index in [1.165, 1.54) is 0 Å². The van der Waals surface area contributed by atoms with Crippen molar-refractivity contribution in [3.63, 3.8) is 0 Å². The Morgan fingerprint density at radius 2 is 1.84 bits per heavy atom. The molecule has 3 unspecified atom stereocenters. The molecule has 4 fully saturated rings. The normalized spacial score (nSPS) is 27.3. The summed E-state index contributed by atoms with van der Waals surface area (Å²) in [5, 5.41) is 3.50. The topological polar surface area (TPSA) is 92.4 Å². The zero-order valence-corrected chi connectivity index (χ0v) is 23.4. The average molecular weight is 608 g/mol. The Balaban J connectivity index is 1.38. The molecule has 0 radical (unpaired) electrons. The summed E-state index contributed by atoms with van der Waals surface area (Å²) >= 11 is 0. The summed E-state index contributed by atoms with van der Waals surface area (Å²) in [6.07, 6.45) is -2.18. The molecule has 0 spiro atoms. The zero-order valence-electron chi connectivity index (χ0n) is 23.4. The number of nitrogens with zero attached hydrogens (tertiary/aromatic N) is 5. The molecule has 1 aromatic carbocycles. The standard InChI is InChI=1S/C29H31F6N7O/c1-14-7-20(36)38-25(22(14)29(33,34)35)21-19(31)8-18-24(23(21)32)39-27(40-26(18)41-11-16-3-4-17(12-41)37-16)43-13-28-5-2-6-42(28)10-15(30)9-28/h7-8,15-17,37H,2-6,9-13H2,1H3,(H2,36,38)/t15-,16?,17?,28?/m1/s1. The molecule has 4 aliphatic rings. The molecule has 2 bridgehead atoms. The van der Waals surface area contributed by atoms with Crippen LogP contribution in [0, 0.1) is 18.6 Å². The van der Waals surface area contributed by atoms with Crippen molar-refractivity contribution < 1.29 is 31.1 Å². The van der Waals surface area contributed by atoms with Crippen molar-refractivity contribution in [2.75, 3.05) is 43.4 Å². The van der Waals surface area contributed by atoms with E-state index in [9.17, 15) is 17.6 Å². The average Bonchev–Trinajstić information content (AvgIpc) is 3.56. The molecular formula is C29H31F6N7O. The van der Waals surface area contributed by atoms with Gasteiger partial charge in [0.15, 0.2) is 5.82 Å². The molecular weight excluding hydrogens is 576 g/mol. The van der Waals surface area contributed by atoms with Crippen molar-refractivity contribution in [3.8, 4) is 17.3 Å². The minimum absolute atomic E-state index is 0.00642. The molecule has 3 N–H and O–H groups in total. The highest BCUT2D eigenvalue weighted by Gasteiger charge is 2.49. The Morgan fingerprint density at radius 1 is 1.09 bits per heavy atom. The van der Waals surface area contributed by atoms with Crippen molar-refractivity contribution in [2.45, 2.75) is 69.0 Å². The van der Waals surface area contributed by atoms with E-state index in [4.69, 9.17) is 10.5 Å². The lowest BCUT2D eigenvalue weighted by atomic mass is 9.95. The number of ether oxygens (including phenoxy) is 1. The van der Waals surface area contributed by atoms with Gasteiger partial charge in [-0.05, 0) is 56.8 Å². The molecule has 230 valence electrons. The quantitative estimate of drug-likeness (QED) is 0.401. The van der Waals surface area contributed by atoms with Crippen LogP contribution < -0.4 is 20.7 Å². The van der Waals surface area contributed by atoms with Crippen LogP contribution in [-0.2, 0) is 6.18 Å². The molecule has 6 heterocycles. The van der Waals surface area contributed by atoms with E-state index < -0.39 is 51.9 Å². The largest absolute Gasteiger partial charge is 0.461 e. The molecule has 14 heteroatoms. The van der Waals surface area contributed by atoms with E-state index in [1.54, 1.807) is 0 Å². The minimum atomic E-state index is -4.96. The van der Waals surface area contributed by atoms with Gasteiger partial charge in [0.25, 0.3) is 0 Å². The molecule has 43 heavy (non-hydrogen) atoms. The third-order valence-corrected chi connectivity index (χ3v) is 9.35. The smallest absolute Gasteiger partial charge is 0.418 e. The second-order valence-electron chi connectivity index (χ2n) is 12.3. The molecule has 4 saturated heterocycles. The Bertz CT molecular complexity index is 1590. The Kier molecular flexibility index (Phi) is 6.65. The van der Waals surface area contributed by atoms with Crippen molar-refractivity contribution in [2.24, 2.45) is 0 Å². The summed E-state index contributed by atoms with van der Waals surface area (Å²) in [5.41, 5.74) is 1.26. The van der Waals surface area contributed by atoms with Crippen molar-refractivity contribution in [3.05, 3.63) is 34.9 Å². The first-order valence-corrected chi connectivity index (χ1v) is 14.5. The summed E-state index contributed by atoms with van der Waals surface area (Å²) in [6.45, 7) is 3.30. The Morgan fingerprint density at radius 3 is 2.56 bits per heavy atom. The highest BCUT2D eigenvalue weighted by molar-refractivity contribution is 5.94. The lowest BCUT2D eigenvalue weighted by molar-refractivity contribution is -0.137. The van der Waals surface area contributed by atoms with Gasteiger partial charge in [-0.3, -0.25) is 4.90 Å². The lowest BCUT2D eigenvalue weighted by Crippen LogP contribution is -2.51. The van der Waals surface area contributed by atoms with Crippen LogP contribution in [0.25, 0.3) is 22.2 Å². The number of anilines is 2. The van der Waals surface area contributed by atoms with Gasteiger partial charge >= 0.3 is 12.2 Å². The Hall–Kier alpha value is -3.39. The number of fused-ring (bicyclic) bond motifs is 4.